The minimum atomic E-state index is -1.69. The SMILES string of the molecule is COc1ccc(N2C(=O)C(N=Nc3ccc(C#N)c(C#N)c3)C(=O)N(c3ccc(OC)cc3)C2=O)cc1. The second-order valence-corrected chi connectivity index (χ2v) is 7.60. The normalized spacial score (nSPS) is 14.0. The quantitative estimate of drug-likeness (QED) is 0.370. The Morgan fingerprint density at radius 1 is 0.730 bits per heavy atom. The highest BCUT2D eigenvalue weighted by atomic mass is 16.5. The minimum absolute atomic E-state index is 0.0649. The first-order valence-corrected chi connectivity index (χ1v) is 10.8. The molecular formula is C26H18N6O5. The van der Waals surface area contributed by atoms with Gasteiger partial charge in [0.1, 0.15) is 23.6 Å². The van der Waals surface area contributed by atoms with Crippen LogP contribution in [0.1, 0.15) is 11.1 Å². The molecule has 3 aromatic rings. The van der Waals surface area contributed by atoms with Crippen LogP contribution in [0.4, 0.5) is 21.9 Å². The van der Waals surface area contributed by atoms with Crippen LogP contribution in [0.3, 0.4) is 0 Å². The van der Waals surface area contributed by atoms with E-state index in [9.17, 15) is 19.6 Å². The lowest BCUT2D eigenvalue weighted by molar-refractivity contribution is -0.128. The van der Waals surface area contributed by atoms with Crippen LogP contribution in [0.5, 0.6) is 11.5 Å². The van der Waals surface area contributed by atoms with Crippen molar-refractivity contribution in [3.8, 4) is 23.6 Å². The van der Waals surface area contributed by atoms with E-state index in [0.29, 0.717) is 11.5 Å². The average molecular weight is 494 g/mol. The topological polar surface area (TPSA) is 148 Å². The van der Waals surface area contributed by atoms with Crippen molar-refractivity contribution in [2.75, 3.05) is 24.0 Å². The van der Waals surface area contributed by atoms with Crippen molar-refractivity contribution in [1.29, 1.82) is 10.5 Å². The van der Waals surface area contributed by atoms with Gasteiger partial charge in [0, 0.05) is 0 Å². The molecule has 37 heavy (non-hydrogen) atoms. The Balaban J connectivity index is 1.77. The van der Waals surface area contributed by atoms with E-state index < -0.39 is 23.9 Å². The number of urea groups is 1. The van der Waals surface area contributed by atoms with Gasteiger partial charge in [-0.05, 0) is 66.7 Å². The molecule has 182 valence electrons. The summed E-state index contributed by atoms with van der Waals surface area (Å²) in [5.41, 5.74) is 0.766. The van der Waals surface area contributed by atoms with Gasteiger partial charge in [-0.2, -0.15) is 20.8 Å². The monoisotopic (exact) mass is 494 g/mol. The molecule has 0 N–H and O–H groups in total. The molecule has 3 aromatic carbocycles. The third-order valence-electron chi connectivity index (χ3n) is 5.49. The molecule has 1 aliphatic rings. The number of amides is 4. The Bertz CT molecular complexity index is 1420. The number of anilines is 2. The molecular weight excluding hydrogens is 476 g/mol. The number of benzene rings is 3. The van der Waals surface area contributed by atoms with Gasteiger partial charge in [0.15, 0.2) is 0 Å². The molecule has 1 heterocycles. The number of ether oxygens (including phenoxy) is 2. The second-order valence-electron chi connectivity index (χ2n) is 7.60. The average Bonchev–Trinajstić information content (AvgIpc) is 2.93. The number of nitriles is 2. The second kappa shape index (κ2) is 10.4. The molecule has 1 aliphatic heterocycles. The standard InChI is InChI=1S/C26H18N6O5/c1-36-21-9-5-19(6-10-21)31-24(33)23(30-29-18-4-3-16(14-27)17(13-18)15-28)25(34)32(26(31)35)20-7-11-22(37-2)12-8-20/h3-13,23H,1-2H3. The van der Waals surface area contributed by atoms with Gasteiger partial charge in [-0.25, -0.2) is 14.6 Å². The maximum atomic E-state index is 13.4. The predicted octanol–water partition coefficient (Wildman–Crippen LogP) is 4.10. The van der Waals surface area contributed by atoms with Gasteiger partial charge in [-0.3, -0.25) is 9.59 Å². The van der Waals surface area contributed by atoms with Crippen LogP contribution in [0.25, 0.3) is 0 Å². The fourth-order valence-electron chi connectivity index (χ4n) is 3.58. The Morgan fingerprint density at radius 2 is 1.22 bits per heavy atom. The fourth-order valence-corrected chi connectivity index (χ4v) is 3.58. The Kier molecular flexibility index (Phi) is 6.89. The third kappa shape index (κ3) is 4.70. The number of imide groups is 2. The number of barbiturate groups is 1. The van der Waals surface area contributed by atoms with Crippen LogP contribution in [-0.4, -0.2) is 38.1 Å². The van der Waals surface area contributed by atoms with E-state index in [1.807, 2.05) is 12.1 Å². The van der Waals surface area contributed by atoms with Crippen LogP contribution in [0.15, 0.2) is 77.0 Å². The summed E-state index contributed by atoms with van der Waals surface area (Å²) in [7, 11) is 2.96. The summed E-state index contributed by atoms with van der Waals surface area (Å²) in [5, 5.41) is 26.3. The number of rotatable bonds is 6. The van der Waals surface area contributed by atoms with Crippen molar-refractivity contribution >= 4 is 34.9 Å². The first-order valence-electron chi connectivity index (χ1n) is 10.8. The molecule has 11 heteroatoms. The molecule has 0 atom stereocenters. The lowest BCUT2D eigenvalue weighted by Crippen LogP contribution is -2.62. The Labute approximate surface area is 211 Å². The molecule has 11 nitrogen and oxygen atoms in total. The van der Waals surface area contributed by atoms with Crippen molar-refractivity contribution < 1.29 is 23.9 Å². The highest BCUT2D eigenvalue weighted by Gasteiger charge is 2.48. The van der Waals surface area contributed by atoms with Crippen molar-refractivity contribution in [3.05, 3.63) is 77.9 Å². The largest absolute Gasteiger partial charge is 0.497 e. The maximum Gasteiger partial charge on any atom is 0.342 e. The van der Waals surface area contributed by atoms with E-state index in [2.05, 4.69) is 10.2 Å². The molecule has 0 spiro atoms. The number of nitrogens with zero attached hydrogens (tertiary/aromatic N) is 6. The number of hydrogen-bond acceptors (Lipinski definition) is 9. The summed E-state index contributed by atoms with van der Waals surface area (Å²) in [6.07, 6.45) is 0. The third-order valence-corrected chi connectivity index (χ3v) is 5.49. The zero-order valence-electron chi connectivity index (χ0n) is 19.7. The van der Waals surface area contributed by atoms with E-state index in [4.69, 9.17) is 14.7 Å². The molecule has 1 saturated heterocycles. The highest BCUT2D eigenvalue weighted by Crippen LogP contribution is 2.30. The van der Waals surface area contributed by atoms with Gasteiger partial charge in [0.05, 0.1) is 42.4 Å². The van der Waals surface area contributed by atoms with Crippen molar-refractivity contribution in [2.24, 2.45) is 10.2 Å². The first-order chi connectivity index (χ1) is 17.9. The fraction of sp³-hybridized carbons (Fsp3) is 0.115. The number of methoxy groups -OCH3 is 2. The predicted molar refractivity (Wildman–Crippen MR) is 131 cm³/mol. The van der Waals surface area contributed by atoms with Crippen LogP contribution >= 0.6 is 0 Å². The van der Waals surface area contributed by atoms with Crippen LogP contribution in [-0.2, 0) is 9.59 Å². The zero-order chi connectivity index (χ0) is 26.5. The van der Waals surface area contributed by atoms with Gasteiger partial charge in [-0.15, -0.1) is 0 Å². The Morgan fingerprint density at radius 3 is 1.65 bits per heavy atom. The molecule has 0 bridgehead atoms. The molecule has 4 amide bonds. The van der Waals surface area contributed by atoms with Gasteiger partial charge >= 0.3 is 6.03 Å². The van der Waals surface area contributed by atoms with Crippen LogP contribution in [0.2, 0.25) is 0 Å². The van der Waals surface area contributed by atoms with Crippen LogP contribution < -0.4 is 19.3 Å². The van der Waals surface area contributed by atoms with E-state index in [1.54, 1.807) is 24.3 Å². The molecule has 0 unspecified atom stereocenters. The summed E-state index contributed by atoms with van der Waals surface area (Å²) < 4.78 is 10.3. The van der Waals surface area contributed by atoms with Crippen molar-refractivity contribution in [1.82, 2.24) is 0 Å². The minimum Gasteiger partial charge on any atom is -0.497 e. The number of carbonyl (C=O) groups excluding carboxylic acids is 3. The van der Waals surface area contributed by atoms with Crippen molar-refractivity contribution in [2.45, 2.75) is 6.04 Å². The highest BCUT2D eigenvalue weighted by molar-refractivity contribution is 6.38. The smallest absolute Gasteiger partial charge is 0.342 e. The van der Waals surface area contributed by atoms with E-state index in [1.165, 1.54) is 56.7 Å². The van der Waals surface area contributed by atoms with Gasteiger partial charge in [-0.1, -0.05) is 0 Å². The van der Waals surface area contributed by atoms with E-state index >= 15 is 0 Å². The van der Waals surface area contributed by atoms with Crippen LogP contribution in [0, 0.1) is 22.7 Å². The molecule has 4 rings (SSSR count). The first kappa shape index (κ1) is 24.6. The zero-order valence-corrected chi connectivity index (χ0v) is 19.7. The van der Waals surface area contributed by atoms with E-state index in [-0.39, 0.29) is 28.2 Å². The van der Waals surface area contributed by atoms with Crippen molar-refractivity contribution in [3.63, 3.8) is 0 Å². The lowest BCUT2D eigenvalue weighted by atomic mass is 10.1. The summed E-state index contributed by atoms with van der Waals surface area (Å²) in [6.45, 7) is 0. The molecule has 0 saturated carbocycles. The molecule has 0 radical (unpaired) electrons. The molecule has 0 aliphatic carbocycles. The van der Waals surface area contributed by atoms with Gasteiger partial charge in [0.25, 0.3) is 11.8 Å². The maximum absolute atomic E-state index is 13.4. The number of azo groups is 1. The summed E-state index contributed by atoms with van der Waals surface area (Å²) in [6, 6.07) is 17.6. The van der Waals surface area contributed by atoms with Gasteiger partial charge in [0.2, 0.25) is 6.04 Å². The van der Waals surface area contributed by atoms with Gasteiger partial charge < -0.3 is 9.47 Å². The summed E-state index contributed by atoms with van der Waals surface area (Å²) in [5.74, 6) is -0.783. The lowest BCUT2D eigenvalue weighted by Gasteiger charge is -2.35. The van der Waals surface area contributed by atoms with E-state index in [0.717, 1.165) is 9.80 Å². The molecule has 0 aromatic heterocycles. The summed E-state index contributed by atoms with van der Waals surface area (Å²) >= 11 is 0. The number of hydrogen-bond donors (Lipinski definition) is 0. The Hall–Kier alpha value is -5.55. The molecule has 1 fully saturated rings. The number of carbonyl (C=O) groups is 3. The summed E-state index contributed by atoms with van der Waals surface area (Å²) in [4.78, 5) is 41.9.